The zero-order valence-electron chi connectivity index (χ0n) is 17.0. The van der Waals surface area contributed by atoms with Crippen molar-refractivity contribution >= 4 is 5.91 Å². The third-order valence-corrected chi connectivity index (χ3v) is 4.67. The molecular weight excluding hydrogens is 368 g/mol. The van der Waals surface area contributed by atoms with Crippen molar-refractivity contribution in [2.24, 2.45) is 0 Å². The molecule has 7 heteroatoms. The van der Waals surface area contributed by atoms with Crippen molar-refractivity contribution < 1.29 is 9.53 Å². The quantitative estimate of drug-likeness (QED) is 0.636. The van der Waals surface area contributed by atoms with Gasteiger partial charge in [0.2, 0.25) is 0 Å². The maximum Gasteiger partial charge on any atom is 0.252 e. The molecule has 0 aliphatic heterocycles. The van der Waals surface area contributed by atoms with Crippen LogP contribution in [0.1, 0.15) is 27.3 Å². The lowest BCUT2D eigenvalue weighted by Crippen LogP contribution is -2.28. The molecule has 0 saturated carbocycles. The highest BCUT2D eigenvalue weighted by atomic mass is 16.5. The second kappa shape index (κ2) is 9.34. The standard InChI is InChI=1S/C22H26N4O3/c1-16-14-17(2)26(24-16)20-7-4-18(5-8-20)10-11-23-22(28)19-6-9-21(27)25(15-19)12-13-29-3/h4-9,14-15H,10-13H2,1-3H3,(H,23,28). The normalized spacial score (nSPS) is 10.9. The third kappa shape index (κ3) is 5.20. The molecule has 1 amide bonds. The van der Waals surface area contributed by atoms with Gasteiger partial charge < -0.3 is 14.6 Å². The van der Waals surface area contributed by atoms with Crippen molar-refractivity contribution in [2.75, 3.05) is 20.3 Å². The molecule has 2 heterocycles. The molecule has 0 atom stereocenters. The summed E-state index contributed by atoms with van der Waals surface area (Å²) in [6.45, 7) is 5.35. The Labute approximate surface area is 169 Å². The number of benzene rings is 1. The van der Waals surface area contributed by atoms with Crippen LogP contribution in [-0.2, 0) is 17.7 Å². The van der Waals surface area contributed by atoms with E-state index in [1.807, 2.05) is 48.9 Å². The summed E-state index contributed by atoms with van der Waals surface area (Å²) in [6, 6.07) is 13.1. The van der Waals surface area contributed by atoms with Crippen LogP contribution in [0.2, 0.25) is 0 Å². The Morgan fingerprint density at radius 2 is 1.90 bits per heavy atom. The molecule has 2 aromatic heterocycles. The Kier molecular flexibility index (Phi) is 6.61. The molecule has 0 unspecified atom stereocenters. The summed E-state index contributed by atoms with van der Waals surface area (Å²) in [6.07, 6.45) is 2.28. The molecule has 29 heavy (non-hydrogen) atoms. The number of nitrogens with zero attached hydrogens (tertiary/aromatic N) is 3. The second-order valence-electron chi connectivity index (χ2n) is 6.95. The van der Waals surface area contributed by atoms with Gasteiger partial charge in [0, 0.05) is 38.2 Å². The number of rotatable bonds is 8. The van der Waals surface area contributed by atoms with Crippen LogP contribution in [0.25, 0.3) is 5.69 Å². The Bertz CT molecular complexity index is 1030. The predicted molar refractivity (Wildman–Crippen MR) is 112 cm³/mol. The second-order valence-corrected chi connectivity index (χ2v) is 6.95. The molecule has 0 bridgehead atoms. The van der Waals surface area contributed by atoms with Gasteiger partial charge in [-0.25, -0.2) is 4.68 Å². The van der Waals surface area contributed by atoms with Gasteiger partial charge in [-0.05, 0) is 50.1 Å². The van der Waals surface area contributed by atoms with Crippen molar-refractivity contribution in [3.63, 3.8) is 0 Å². The van der Waals surface area contributed by atoms with Crippen molar-refractivity contribution in [3.8, 4) is 5.69 Å². The maximum atomic E-state index is 12.4. The number of aryl methyl sites for hydroxylation is 2. The molecular formula is C22H26N4O3. The summed E-state index contributed by atoms with van der Waals surface area (Å²) >= 11 is 0. The van der Waals surface area contributed by atoms with Crippen LogP contribution in [0.4, 0.5) is 0 Å². The molecule has 0 radical (unpaired) electrons. The number of hydrogen-bond donors (Lipinski definition) is 1. The van der Waals surface area contributed by atoms with Crippen LogP contribution in [0.15, 0.2) is 53.5 Å². The molecule has 7 nitrogen and oxygen atoms in total. The van der Waals surface area contributed by atoms with Crippen molar-refractivity contribution in [3.05, 3.63) is 81.5 Å². The lowest BCUT2D eigenvalue weighted by molar-refractivity contribution is 0.0953. The predicted octanol–water partition coefficient (Wildman–Crippen LogP) is 2.27. The first-order valence-corrected chi connectivity index (χ1v) is 9.58. The van der Waals surface area contributed by atoms with E-state index in [2.05, 4.69) is 10.4 Å². The smallest absolute Gasteiger partial charge is 0.252 e. The van der Waals surface area contributed by atoms with E-state index in [9.17, 15) is 9.59 Å². The summed E-state index contributed by atoms with van der Waals surface area (Å²) in [5, 5.41) is 7.39. The van der Waals surface area contributed by atoms with Gasteiger partial charge in [0.15, 0.2) is 0 Å². The number of carbonyl (C=O) groups is 1. The molecule has 152 valence electrons. The highest BCUT2D eigenvalue weighted by Gasteiger charge is 2.08. The highest BCUT2D eigenvalue weighted by Crippen LogP contribution is 2.13. The fourth-order valence-corrected chi connectivity index (χ4v) is 3.15. The lowest BCUT2D eigenvalue weighted by atomic mass is 10.1. The van der Waals surface area contributed by atoms with E-state index in [4.69, 9.17) is 4.74 Å². The van der Waals surface area contributed by atoms with E-state index >= 15 is 0 Å². The van der Waals surface area contributed by atoms with Gasteiger partial charge in [0.05, 0.1) is 23.6 Å². The minimum absolute atomic E-state index is 0.152. The summed E-state index contributed by atoms with van der Waals surface area (Å²) < 4.78 is 8.39. The molecule has 0 saturated heterocycles. The SMILES string of the molecule is COCCn1cc(C(=O)NCCc2ccc(-n3nc(C)cc3C)cc2)ccc1=O. The first-order valence-electron chi connectivity index (χ1n) is 9.58. The van der Waals surface area contributed by atoms with Gasteiger partial charge in [-0.1, -0.05) is 12.1 Å². The molecule has 3 rings (SSSR count). The largest absolute Gasteiger partial charge is 0.383 e. The van der Waals surface area contributed by atoms with Crippen LogP contribution < -0.4 is 10.9 Å². The van der Waals surface area contributed by atoms with Gasteiger partial charge >= 0.3 is 0 Å². The third-order valence-electron chi connectivity index (χ3n) is 4.67. The van der Waals surface area contributed by atoms with Gasteiger partial charge in [-0.2, -0.15) is 5.10 Å². The first kappa shape index (κ1) is 20.5. The fourth-order valence-electron chi connectivity index (χ4n) is 3.15. The van der Waals surface area contributed by atoms with E-state index < -0.39 is 0 Å². The van der Waals surface area contributed by atoms with Crippen LogP contribution in [0.3, 0.4) is 0 Å². The number of aromatic nitrogens is 3. The van der Waals surface area contributed by atoms with E-state index in [1.165, 1.54) is 10.6 Å². The minimum atomic E-state index is -0.199. The van der Waals surface area contributed by atoms with E-state index in [-0.39, 0.29) is 11.5 Å². The molecule has 3 aromatic rings. The molecule has 0 aliphatic carbocycles. The summed E-state index contributed by atoms with van der Waals surface area (Å²) in [5.41, 5.74) is 4.53. The first-order chi connectivity index (χ1) is 14.0. The fraction of sp³-hybridized carbons (Fsp3) is 0.318. The Hall–Kier alpha value is -3.19. The molecule has 1 N–H and O–H groups in total. The Balaban J connectivity index is 1.56. The van der Waals surface area contributed by atoms with Crippen molar-refractivity contribution in [2.45, 2.75) is 26.8 Å². The number of pyridine rings is 1. The number of methoxy groups -OCH3 is 1. The van der Waals surface area contributed by atoms with E-state index in [0.717, 1.165) is 22.6 Å². The van der Waals surface area contributed by atoms with Gasteiger partial charge in [-0.15, -0.1) is 0 Å². The Morgan fingerprint density at radius 3 is 2.55 bits per heavy atom. The van der Waals surface area contributed by atoms with Crippen LogP contribution in [-0.4, -0.2) is 40.5 Å². The van der Waals surface area contributed by atoms with Gasteiger partial charge in [0.1, 0.15) is 0 Å². The average Bonchev–Trinajstić information content (AvgIpc) is 3.05. The van der Waals surface area contributed by atoms with Gasteiger partial charge in [0.25, 0.3) is 11.5 Å². The summed E-state index contributed by atoms with van der Waals surface area (Å²) in [7, 11) is 1.57. The van der Waals surface area contributed by atoms with Crippen molar-refractivity contribution in [1.29, 1.82) is 0 Å². The van der Waals surface area contributed by atoms with E-state index in [0.29, 0.717) is 31.7 Å². The molecule has 0 spiro atoms. The number of ether oxygens (including phenoxy) is 1. The number of nitrogens with one attached hydrogen (secondary N) is 1. The van der Waals surface area contributed by atoms with Crippen molar-refractivity contribution in [1.82, 2.24) is 19.7 Å². The zero-order chi connectivity index (χ0) is 20.8. The maximum absolute atomic E-state index is 12.4. The molecule has 1 aromatic carbocycles. The highest BCUT2D eigenvalue weighted by molar-refractivity contribution is 5.93. The number of amides is 1. The Morgan fingerprint density at radius 1 is 1.14 bits per heavy atom. The molecule has 0 aliphatic rings. The number of hydrogen-bond acceptors (Lipinski definition) is 4. The summed E-state index contributed by atoms with van der Waals surface area (Å²) in [5.74, 6) is -0.199. The lowest BCUT2D eigenvalue weighted by Gasteiger charge is -2.09. The van der Waals surface area contributed by atoms with Gasteiger partial charge in [-0.3, -0.25) is 9.59 Å². The minimum Gasteiger partial charge on any atom is -0.383 e. The average molecular weight is 394 g/mol. The summed E-state index contributed by atoms with van der Waals surface area (Å²) in [4.78, 5) is 24.2. The zero-order valence-corrected chi connectivity index (χ0v) is 17.0. The molecule has 0 fully saturated rings. The monoisotopic (exact) mass is 394 g/mol. The van der Waals surface area contributed by atoms with Crippen LogP contribution in [0.5, 0.6) is 0 Å². The van der Waals surface area contributed by atoms with Crippen LogP contribution >= 0.6 is 0 Å². The van der Waals surface area contributed by atoms with E-state index in [1.54, 1.807) is 19.4 Å². The van der Waals surface area contributed by atoms with Crippen LogP contribution in [0, 0.1) is 13.8 Å². The number of carbonyl (C=O) groups excluding carboxylic acids is 1. The topological polar surface area (TPSA) is 78.2 Å².